The van der Waals surface area contributed by atoms with Gasteiger partial charge >= 0.3 is 11.9 Å². The van der Waals surface area contributed by atoms with Crippen molar-refractivity contribution in [3.05, 3.63) is 23.8 Å². The molecule has 218 valence electrons. The number of carbonyl (C=O) groups excluding carboxylic acids is 2. The third kappa shape index (κ3) is 4.33. The van der Waals surface area contributed by atoms with Crippen molar-refractivity contribution in [2.45, 2.75) is 117 Å². The van der Waals surface area contributed by atoms with Crippen LogP contribution in [0.25, 0.3) is 0 Å². The van der Waals surface area contributed by atoms with Crippen LogP contribution in [0.3, 0.4) is 0 Å². The van der Waals surface area contributed by atoms with Gasteiger partial charge in [0.1, 0.15) is 17.8 Å². The van der Waals surface area contributed by atoms with Crippen LogP contribution in [0.5, 0.6) is 0 Å². The molecule has 0 aromatic carbocycles. The summed E-state index contributed by atoms with van der Waals surface area (Å²) < 4.78 is 18.2. The Morgan fingerprint density at radius 3 is 2.44 bits per heavy atom. The quantitative estimate of drug-likeness (QED) is 0.391. The Hall–Kier alpha value is -1.70. The molecule has 7 heteroatoms. The maximum absolute atomic E-state index is 12.6. The van der Waals surface area contributed by atoms with Crippen molar-refractivity contribution in [1.82, 2.24) is 0 Å². The predicted octanol–water partition coefficient (Wildman–Crippen LogP) is 4.74. The summed E-state index contributed by atoms with van der Waals surface area (Å²) in [5, 5.41) is 21.4. The Bertz CT molecular complexity index is 1080. The molecule has 0 radical (unpaired) electrons. The first-order valence-corrected chi connectivity index (χ1v) is 14.8. The molecule has 2 heterocycles. The molecule has 5 rings (SSSR count). The number of allylic oxidation sites excluding steroid dienone is 2. The SMILES string of the molecule is CC(=O)O[C@H]1C[C@@H]2C(C)(C)OC(=O)C=C[C@@]2(C)[C@@H]2CC[C@@]3(C)C(=CC[C@@H]3[C@@H]3CO[C@@H](C(C)(C)O)[C@H](O)C3)[C@@]12C. The van der Waals surface area contributed by atoms with Crippen LogP contribution in [0.1, 0.15) is 87.5 Å². The van der Waals surface area contributed by atoms with Crippen molar-refractivity contribution in [2.24, 2.45) is 39.9 Å². The highest BCUT2D eigenvalue weighted by atomic mass is 16.6. The fourth-order valence-electron chi connectivity index (χ4n) is 10.1. The summed E-state index contributed by atoms with van der Waals surface area (Å²) in [5.41, 5.74) is -1.30. The molecule has 2 N–H and O–H groups in total. The molecule has 2 aliphatic heterocycles. The van der Waals surface area contributed by atoms with Crippen molar-refractivity contribution < 1.29 is 34.0 Å². The smallest absolute Gasteiger partial charge is 0.330 e. The lowest BCUT2D eigenvalue weighted by molar-refractivity contribution is -0.204. The zero-order valence-electron chi connectivity index (χ0n) is 25.0. The van der Waals surface area contributed by atoms with E-state index in [1.54, 1.807) is 19.9 Å². The third-order valence-electron chi connectivity index (χ3n) is 11.6. The van der Waals surface area contributed by atoms with Gasteiger partial charge in [-0.3, -0.25) is 4.79 Å². The summed E-state index contributed by atoms with van der Waals surface area (Å²) >= 11 is 0. The second-order valence-corrected chi connectivity index (χ2v) is 14.8. The molecule has 3 fully saturated rings. The molecule has 1 saturated heterocycles. The number of carbonyl (C=O) groups is 2. The van der Waals surface area contributed by atoms with Crippen LogP contribution in [-0.2, 0) is 23.8 Å². The van der Waals surface area contributed by atoms with Crippen LogP contribution in [0, 0.1) is 39.9 Å². The van der Waals surface area contributed by atoms with Gasteiger partial charge in [0.15, 0.2) is 0 Å². The van der Waals surface area contributed by atoms with E-state index >= 15 is 0 Å². The summed E-state index contributed by atoms with van der Waals surface area (Å²) in [6.07, 6.45) is 8.43. The van der Waals surface area contributed by atoms with Crippen molar-refractivity contribution in [3.63, 3.8) is 0 Å². The molecule has 7 nitrogen and oxygen atoms in total. The summed E-state index contributed by atoms with van der Waals surface area (Å²) in [6.45, 7) is 16.2. The average molecular weight is 545 g/mol. The minimum atomic E-state index is -1.10. The first-order valence-electron chi connectivity index (χ1n) is 14.8. The molecule has 10 atom stereocenters. The molecule has 0 spiro atoms. The van der Waals surface area contributed by atoms with Gasteiger partial charge in [0.2, 0.25) is 0 Å². The van der Waals surface area contributed by atoms with Gasteiger partial charge in [-0.1, -0.05) is 38.5 Å². The van der Waals surface area contributed by atoms with Gasteiger partial charge in [0, 0.05) is 24.3 Å². The van der Waals surface area contributed by atoms with Gasteiger partial charge in [-0.25, -0.2) is 4.79 Å². The Morgan fingerprint density at radius 1 is 1.13 bits per heavy atom. The summed E-state index contributed by atoms with van der Waals surface area (Å²) in [6, 6.07) is 0. The number of ether oxygens (including phenoxy) is 3. The molecular weight excluding hydrogens is 496 g/mol. The summed E-state index contributed by atoms with van der Waals surface area (Å²) in [4.78, 5) is 25.1. The van der Waals surface area contributed by atoms with Crippen LogP contribution in [-0.4, -0.2) is 58.3 Å². The molecule has 0 unspecified atom stereocenters. The minimum absolute atomic E-state index is 0.00191. The van der Waals surface area contributed by atoms with Crippen LogP contribution in [0.15, 0.2) is 23.8 Å². The lowest BCUT2D eigenvalue weighted by atomic mass is 9.40. The molecule has 0 bridgehead atoms. The number of esters is 2. The number of aliphatic hydroxyl groups excluding tert-OH is 1. The Morgan fingerprint density at radius 2 is 1.82 bits per heavy atom. The monoisotopic (exact) mass is 544 g/mol. The number of aliphatic hydroxyl groups is 2. The highest BCUT2D eigenvalue weighted by Crippen LogP contribution is 2.71. The number of cyclic esters (lactones) is 1. The zero-order valence-corrected chi connectivity index (χ0v) is 25.0. The van der Waals surface area contributed by atoms with Crippen molar-refractivity contribution >= 4 is 11.9 Å². The van der Waals surface area contributed by atoms with Crippen LogP contribution in [0.4, 0.5) is 0 Å². The molecule has 3 aliphatic carbocycles. The van der Waals surface area contributed by atoms with Gasteiger partial charge < -0.3 is 24.4 Å². The summed E-state index contributed by atoms with van der Waals surface area (Å²) in [5.74, 6) is 0.00672. The van der Waals surface area contributed by atoms with E-state index in [2.05, 4.69) is 32.9 Å². The lowest BCUT2D eigenvalue weighted by Gasteiger charge is -2.65. The molecule has 0 aromatic rings. The highest BCUT2D eigenvalue weighted by Gasteiger charge is 2.68. The lowest BCUT2D eigenvalue weighted by Crippen LogP contribution is -2.64. The first-order chi connectivity index (χ1) is 17.9. The Kier molecular flexibility index (Phi) is 6.76. The Labute approximate surface area is 233 Å². The minimum Gasteiger partial charge on any atom is -0.462 e. The topological polar surface area (TPSA) is 102 Å². The number of fused-ring (bicyclic) bond motifs is 5. The zero-order chi connectivity index (χ0) is 28.8. The summed E-state index contributed by atoms with van der Waals surface area (Å²) in [7, 11) is 0. The van der Waals surface area contributed by atoms with E-state index in [0.29, 0.717) is 19.4 Å². The second kappa shape index (κ2) is 9.15. The molecular formula is C32H48O7. The van der Waals surface area contributed by atoms with E-state index in [1.165, 1.54) is 12.5 Å². The first kappa shape index (κ1) is 28.8. The standard InChI is InChI=1S/C32H48O7/c1-18(33)38-25-16-24-29(4,5)39-26(35)12-14-31(24,7)23-11-13-30(6)20(9-10-22(30)32(23,25)8)19-15-21(34)27(37-17-19)28(2,3)36/h10,12,14,19-21,23-25,27,34,36H,9,11,13,15-17H2,1-8H3/t19-,20+,21+,23-,24+,25-,27+,30+,31-,32+/m0/s1. The molecule has 0 aromatic heterocycles. The highest BCUT2D eigenvalue weighted by molar-refractivity contribution is 5.83. The molecule has 2 saturated carbocycles. The van der Waals surface area contributed by atoms with E-state index in [0.717, 1.165) is 19.3 Å². The molecule has 0 amide bonds. The fourth-order valence-corrected chi connectivity index (χ4v) is 10.1. The average Bonchev–Trinajstić information content (AvgIpc) is 3.12. The van der Waals surface area contributed by atoms with Gasteiger partial charge in [-0.05, 0) is 88.4 Å². The fraction of sp³-hybridized carbons (Fsp3) is 0.812. The van der Waals surface area contributed by atoms with E-state index in [1.807, 2.05) is 13.8 Å². The van der Waals surface area contributed by atoms with Gasteiger partial charge in [-0.15, -0.1) is 0 Å². The number of hydrogen-bond acceptors (Lipinski definition) is 7. The van der Waals surface area contributed by atoms with Crippen molar-refractivity contribution in [1.29, 1.82) is 0 Å². The number of rotatable bonds is 3. The Balaban J connectivity index is 1.52. The molecule has 5 aliphatic rings. The second-order valence-electron chi connectivity index (χ2n) is 14.8. The largest absolute Gasteiger partial charge is 0.462 e. The van der Waals surface area contributed by atoms with Crippen molar-refractivity contribution in [3.8, 4) is 0 Å². The normalized spacial score (nSPS) is 47.2. The van der Waals surface area contributed by atoms with E-state index in [-0.39, 0.29) is 52.5 Å². The van der Waals surface area contributed by atoms with Gasteiger partial charge in [-0.2, -0.15) is 0 Å². The maximum Gasteiger partial charge on any atom is 0.330 e. The van der Waals surface area contributed by atoms with Crippen molar-refractivity contribution in [2.75, 3.05) is 6.61 Å². The van der Waals surface area contributed by atoms with E-state index < -0.39 is 28.8 Å². The third-order valence-corrected chi connectivity index (χ3v) is 11.6. The van der Waals surface area contributed by atoms with Crippen LogP contribution < -0.4 is 0 Å². The number of hydrogen-bond donors (Lipinski definition) is 2. The maximum atomic E-state index is 12.6. The van der Waals surface area contributed by atoms with Crippen LogP contribution in [0.2, 0.25) is 0 Å². The van der Waals surface area contributed by atoms with Gasteiger partial charge in [0.05, 0.1) is 18.3 Å². The van der Waals surface area contributed by atoms with E-state index in [4.69, 9.17) is 14.2 Å². The van der Waals surface area contributed by atoms with E-state index in [9.17, 15) is 19.8 Å². The van der Waals surface area contributed by atoms with Crippen LogP contribution >= 0.6 is 0 Å². The van der Waals surface area contributed by atoms with Gasteiger partial charge in [0.25, 0.3) is 0 Å². The molecule has 39 heavy (non-hydrogen) atoms. The predicted molar refractivity (Wildman–Crippen MR) is 146 cm³/mol.